The Labute approximate surface area is 279 Å². The molecule has 2 aliphatic heterocycles. The molecule has 246 valence electrons. The molecule has 0 spiro atoms. The monoisotopic (exact) mass is 657 g/mol. The molecule has 1 saturated heterocycles. The van der Waals surface area contributed by atoms with E-state index in [9.17, 15) is 14.4 Å². The molecule has 8 nitrogen and oxygen atoms in total. The molecule has 1 N–H and O–H groups in total. The zero-order valence-corrected chi connectivity index (χ0v) is 29.1. The normalized spacial score (nSPS) is 24.6. The van der Waals surface area contributed by atoms with Gasteiger partial charge in [0.05, 0.1) is 31.9 Å². The average molecular weight is 658 g/mol. The largest absolute Gasteiger partial charge is 0.494 e. The van der Waals surface area contributed by atoms with Crippen LogP contribution in [0.25, 0.3) is 0 Å². The fourth-order valence-electron chi connectivity index (χ4n) is 6.32. The number of hydrogen-bond donors (Lipinski definition) is 1. The standard InChI is InChI=1S/C32H49N3O5.3H2S/c1-34(2)29-21-25-10-7-11-27(20-25)40-17-6-5-12-28(30(36)22-24-8-3-4-9-24)33-32(38)26(23-31(29)37)13-14-35-15-18-39-19-16-35;;;/h7,10-11,20,24,26,28-29H,3-6,8-9,12-19,21-23H2,1-2H3,(H,33,38);3*1H2/t26-,28+,29+;;;/m1.../s1. The number of nitrogens with zero attached hydrogens (tertiary/aromatic N) is 2. The van der Waals surface area contributed by atoms with Gasteiger partial charge in [-0.3, -0.25) is 24.2 Å². The van der Waals surface area contributed by atoms with Crippen LogP contribution in [0.3, 0.4) is 0 Å². The first kappa shape index (κ1) is 39.8. The van der Waals surface area contributed by atoms with Crippen LogP contribution >= 0.6 is 40.5 Å². The molecule has 3 aliphatic rings. The van der Waals surface area contributed by atoms with Crippen molar-refractivity contribution in [3.8, 4) is 5.75 Å². The van der Waals surface area contributed by atoms with Crippen LogP contribution < -0.4 is 10.1 Å². The lowest BCUT2D eigenvalue weighted by molar-refractivity contribution is -0.134. The number of Topliss-reactive ketones (excluding diaryl/α,β-unsaturated/α-hetero) is 2. The first-order valence-corrected chi connectivity index (χ1v) is 15.4. The average Bonchev–Trinajstić information content (AvgIpc) is 3.46. The van der Waals surface area contributed by atoms with Crippen molar-refractivity contribution in [2.24, 2.45) is 11.8 Å². The van der Waals surface area contributed by atoms with Gasteiger partial charge >= 0.3 is 0 Å². The van der Waals surface area contributed by atoms with E-state index in [1.54, 1.807) is 0 Å². The Morgan fingerprint density at radius 1 is 0.953 bits per heavy atom. The highest BCUT2D eigenvalue weighted by Crippen LogP contribution is 2.29. The lowest BCUT2D eigenvalue weighted by Gasteiger charge is -2.30. The van der Waals surface area contributed by atoms with Crippen LogP contribution in [0.15, 0.2) is 24.3 Å². The molecule has 3 atom stereocenters. The van der Waals surface area contributed by atoms with E-state index in [4.69, 9.17) is 9.47 Å². The van der Waals surface area contributed by atoms with Crippen LogP contribution in [0.2, 0.25) is 0 Å². The number of carbonyl (C=O) groups is 3. The third-order valence-corrected chi connectivity index (χ3v) is 8.86. The quantitative estimate of drug-likeness (QED) is 0.475. The molecular formula is C32H55N3O5S3. The molecule has 0 radical (unpaired) electrons. The number of rotatable bonds is 7. The van der Waals surface area contributed by atoms with Crippen molar-refractivity contribution in [3.63, 3.8) is 0 Å². The van der Waals surface area contributed by atoms with E-state index in [1.165, 1.54) is 12.8 Å². The Hall–Kier alpha value is -1.24. The molecule has 1 saturated carbocycles. The second-order valence-electron chi connectivity index (χ2n) is 12.2. The number of ketones is 2. The van der Waals surface area contributed by atoms with E-state index in [-0.39, 0.29) is 70.4 Å². The predicted molar refractivity (Wildman–Crippen MR) is 187 cm³/mol. The van der Waals surface area contributed by atoms with E-state index >= 15 is 0 Å². The molecule has 1 aliphatic carbocycles. The maximum atomic E-state index is 13.8. The molecule has 2 heterocycles. The summed E-state index contributed by atoms with van der Waals surface area (Å²) in [5.41, 5.74) is 1.04. The van der Waals surface area contributed by atoms with Gasteiger partial charge < -0.3 is 14.8 Å². The van der Waals surface area contributed by atoms with Crippen LogP contribution in [0.5, 0.6) is 5.75 Å². The summed E-state index contributed by atoms with van der Waals surface area (Å²) in [6.45, 7) is 4.35. The molecule has 2 fully saturated rings. The molecule has 1 aromatic rings. The molecule has 43 heavy (non-hydrogen) atoms. The summed E-state index contributed by atoms with van der Waals surface area (Å²) in [5.74, 6) is 0.801. The number of benzene rings is 1. The summed E-state index contributed by atoms with van der Waals surface area (Å²) in [6, 6.07) is 7.13. The van der Waals surface area contributed by atoms with Gasteiger partial charge in [-0.2, -0.15) is 40.5 Å². The highest BCUT2D eigenvalue weighted by atomic mass is 32.1. The van der Waals surface area contributed by atoms with Gasteiger partial charge in [0, 0.05) is 31.8 Å². The molecular weight excluding hydrogens is 603 g/mol. The van der Waals surface area contributed by atoms with Gasteiger partial charge in [-0.05, 0) is 76.4 Å². The molecule has 11 heteroatoms. The molecule has 4 rings (SSSR count). The topological polar surface area (TPSA) is 88.2 Å². The Kier molecular flexibility index (Phi) is 19.2. The Morgan fingerprint density at radius 3 is 2.35 bits per heavy atom. The van der Waals surface area contributed by atoms with Crippen LogP contribution in [0.4, 0.5) is 0 Å². The first-order chi connectivity index (χ1) is 19.4. The maximum Gasteiger partial charge on any atom is 0.224 e. The minimum atomic E-state index is -0.505. The van der Waals surface area contributed by atoms with Gasteiger partial charge in [-0.25, -0.2) is 0 Å². The second kappa shape index (κ2) is 20.7. The Balaban J connectivity index is 0.00000308. The summed E-state index contributed by atoms with van der Waals surface area (Å²) in [6.07, 6.45) is 8.63. The number of morpholine rings is 1. The van der Waals surface area contributed by atoms with E-state index < -0.39 is 12.0 Å². The smallest absolute Gasteiger partial charge is 0.224 e. The van der Waals surface area contributed by atoms with Gasteiger partial charge in [0.25, 0.3) is 0 Å². The molecule has 1 aromatic carbocycles. The van der Waals surface area contributed by atoms with Crippen molar-refractivity contribution in [1.29, 1.82) is 0 Å². The fraction of sp³-hybridized carbons (Fsp3) is 0.719. The summed E-state index contributed by atoms with van der Waals surface area (Å²) >= 11 is 0. The van der Waals surface area contributed by atoms with Crippen molar-refractivity contribution >= 4 is 58.0 Å². The van der Waals surface area contributed by atoms with Crippen molar-refractivity contribution in [1.82, 2.24) is 15.1 Å². The number of carbonyl (C=O) groups excluding carboxylic acids is 3. The molecule has 2 bridgehead atoms. The van der Waals surface area contributed by atoms with Gasteiger partial charge in [-0.15, -0.1) is 0 Å². The maximum absolute atomic E-state index is 13.8. The summed E-state index contributed by atoms with van der Waals surface area (Å²) in [5, 5.41) is 3.14. The molecule has 0 aromatic heterocycles. The van der Waals surface area contributed by atoms with Gasteiger partial charge in [0.2, 0.25) is 5.91 Å². The van der Waals surface area contributed by atoms with Gasteiger partial charge in [-0.1, -0.05) is 37.8 Å². The summed E-state index contributed by atoms with van der Waals surface area (Å²) in [7, 11) is 3.84. The number of likely N-dealkylation sites (N-methyl/N-ethyl adjacent to an activating group) is 1. The number of fused-ring (bicyclic) bond motifs is 2. The Bertz CT molecular complexity index is 987. The highest BCUT2D eigenvalue weighted by Gasteiger charge is 2.32. The minimum absolute atomic E-state index is 0. The fourth-order valence-corrected chi connectivity index (χ4v) is 6.32. The van der Waals surface area contributed by atoms with Crippen molar-refractivity contribution in [2.75, 3.05) is 53.6 Å². The third-order valence-electron chi connectivity index (χ3n) is 8.86. The first-order valence-electron chi connectivity index (χ1n) is 15.4. The van der Waals surface area contributed by atoms with E-state index in [0.29, 0.717) is 51.4 Å². The number of amides is 1. The van der Waals surface area contributed by atoms with Crippen LogP contribution in [-0.4, -0.2) is 92.9 Å². The zero-order valence-electron chi connectivity index (χ0n) is 26.1. The van der Waals surface area contributed by atoms with Crippen LogP contribution in [0, 0.1) is 11.8 Å². The second-order valence-corrected chi connectivity index (χ2v) is 12.2. The van der Waals surface area contributed by atoms with Crippen LogP contribution in [0.1, 0.15) is 69.8 Å². The van der Waals surface area contributed by atoms with E-state index in [0.717, 1.165) is 56.6 Å². The molecule has 1 amide bonds. The van der Waals surface area contributed by atoms with Crippen molar-refractivity contribution in [2.45, 2.75) is 82.7 Å². The van der Waals surface area contributed by atoms with Crippen molar-refractivity contribution < 1.29 is 23.9 Å². The summed E-state index contributed by atoms with van der Waals surface area (Å²) in [4.78, 5) is 45.2. The summed E-state index contributed by atoms with van der Waals surface area (Å²) < 4.78 is 11.5. The minimum Gasteiger partial charge on any atom is -0.494 e. The number of hydrogen-bond acceptors (Lipinski definition) is 7. The van der Waals surface area contributed by atoms with E-state index in [2.05, 4.69) is 10.2 Å². The van der Waals surface area contributed by atoms with Gasteiger partial charge in [0.1, 0.15) is 5.75 Å². The SMILES string of the molecule is CN(C)[C@H]1Cc2cccc(c2)OCCCC[C@@H](C(=O)CC2CCCC2)NC(=O)[C@H](CCN2CCOCC2)CC1=O.S.S.S. The highest BCUT2D eigenvalue weighted by molar-refractivity contribution is 7.59. The molecule has 0 unspecified atom stereocenters. The zero-order chi connectivity index (χ0) is 28.3. The third kappa shape index (κ3) is 13.0. The Morgan fingerprint density at radius 2 is 1.65 bits per heavy atom. The van der Waals surface area contributed by atoms with E-state index in [1.807, 2.05) is 43.3 Å². The van der Waals surface area contributed by atoms with Gasteiger partial charge in [0.15, 0.2) is 11.6 Å². The number of ether oxygens (including phenoxy) is 2. The lowest BCUT2D eigenvalue weighted by atomic mass is 9.90. The number of nitrogens with one attached hydrogen (secondary N) is 1. The van der Waals surface area contributed by atoms with Crippen LogP contribution in [-0.2, 0) is 25.5 Å². The predicted octanol–water partition coefficient (Wildman–Crippen LogP) is 3.99. The lowest BCUT2D eigenvalue weighted by Crippen LogP contribution is -2.47. The van der Waals surface area contributed by atoms with Crippen molar-refractivity contribution in [3.05, 3.63) is 29.8 Å².